The molecular weight excluding hydrogens is 308 g/mol. The minimum Gasteiger partial charge on any atom is -0.506 e. The van der Waals surface area contributed by atoms with Crippen molar-refractivity contribution in [2.24, 2.45) is 0 Å². The van der Waals surface area contributed by atoms with E-state index >= 15 is 0 Å². The van der Waals surface area contributed by atoms with Crippen LogP contribution in [0.25, 0.3) is 11.0 Å². The predicted molar refractivity (Wildman–Crippen MR) is 89.8 cm³/mol. The van der Waals surface area contributed by atoms with E-state index in [2.05, 4.69) is 10.3 Å². The number of phenols is 1. The van der Waals surface area contributed by atoms with Gasteiger partial charge in [-0.05, 0) is 52.2 Å². The third-order valence-corrected chi connectivity index (χ3v) is 4.16. The largest absolute Gasteiger partial charge is 0.506 e. The summed E-state index contributed by atoms with van der Waals surface area (Å²) < 4.78 is 7.29. The van der Waals surface area contributed by atoms with E-state index in [4.69, 9.17) is 4.74 Å². The van der Waals surface area contributed by atoms with Crippen LogP contribution in [0.3, 0.4) is 0 Å². The molecule has 1 aliphatic heterocycles. The van der Waals surface area contributed by atoms with Gasteiger partial charge in [0.2, 0.25) is 0 Å². The number of piperidine rings is 1. The van der Waals surface area contributed by atoms with E-state index in [9.17, 15) is 9.90 Å². The molecule has 1 aromatic heterocycles. The minimum absolute atomic E-state index is 0.0147. The highest BCUT2D eigenvalue weighted by Gasteiger charge is 2.31. The SMILES string of the molecule is CC(C)(C)OC(=O)N1CCCCC1Cn1nnc2c(O)cccc21. The number of hydrogen-bond acceptors (Lipinski definition) is 5. The second kappa shape index (κ2) is 6.30. The van der Waals surface area contributed by atoms with Crippen molar-refractivity contribution < 1.29 is 14.6 Å². The highest BCUT2D eigenvalue weighted by atomic mass is 16.6. The van der Waals surface area contributed by atoms with Crippen LogP contribution < -0.4 is 0 Å². The first kappa shape index (κ1) is 16.5. The first-order valence-electron chi connectivity index (χ1n) is 8.36. The van der Waals surface area contributed by atoms with Crippen LogP contribution in [-0.2, 0) is 11.3 Å². The predicted octanol–water partition coefficient (Wildman–Crippen LogP) is 2.93. The number of aromatic nitrogens is 3. The Bertz CT molecular complexity index is 735. The van der Waals surface area contributed by atoms with Crippen LogP contribution in [0.4, 0.5) is 4.79 Å². The van der Waals surface area contributed by atoms with Crippen molar-refractivity contribution in [3.8, 4) is 5.75 Å². The number of fused-ring (bicyclic) bond motifs is 1. The number of amides is 1. The van der Waals surface area contributed by atoms with E-state index in [1.807, 2.05) is 26.8 Å². The summed E-state index contributed by atoms with van der Waals surface area (Å²) in [6.45, 7) is 6.85. The molecule has 3 rings (SSSR count). The molecule has 130 valence electrons. The quantitative estimate of drug-likeness (QED) is 0.914. The fraction of sp³-hybridized carbons (Fsp3) is 0.588. The molecule has 1 atom stereocenters. The highest BCUT2D eigenvalue weighted by molar-refractivity contribution is 5.80. The summed E-state index contributed by atoms with van der Waals surface area (Å²) in [4.78, 5) is 14.3. The van der Waals surface area contributed by atoms with Crippen molar-refractivity contribution in [2.45, 2.75) is 58.2 Å². The number of nitrogens with zero attached hydrogens (tertiary/aromatic N) is 4. The van der Waals surface area contributed by atoms with Crippen LogP contribution in [0.5, 0.6) is 5.75 Å². The molecule has 1 aromatic carbocycles. The average molecular weight is 332 g/mol. The Balaban J connectivity index is 1.80. The molecule has 1 aliphatic rings. The number of hydrogen-bond donors (Lipinski definition) is 1. The summed E-state index contributed by atoms with van der Waals surface area (Å²) in [5, 5.41) is 18.0. The van der Waals surface area contributed by atoms with Crippen molar-refractivity contribution in [2.75, 3.05) is 6.54 Å². The van der Waals surface area contributed by atoms with Gasteiger partial charge >= 0.3 is 6.09 Å². The molecule has 0 spiro atoms. The smallest absolute Gasteiger partial charge is 0.410 e. The van der Waals surface area contributed by atoms with Crippen molar-refractivity contribution in [3.05, 3.63) is 18.2 Å². The summed E-state index contributed by atoms with van der Waals surface area (Å²) in [7, 11) is 0. The summed E-state index contributed by atoms with van der Waals surface area (Å²) in [6, 6.07) is 5.25. The monoisotopic (exact) mass is 332 g/mol. The van der Waals surface area contributed by atoms with E-state index < -0.39 is 5.60 Å². The Morgan fingerprint density at radius 2 is 2.17 bits per heavy atom. The molecule has 0 radical (unpaired) electrons. The third kappa shape index (κ3) is 3.44. The van der Waals surface area contributed by atoms with E-state index in [1.54, 1.807) is 21.7 Å². The van der Waals surface area contributed by atoms with Crippen LogP contribution in [0.2, 0.25) is 0 Å². The van der Waals surface area contributed by atoms with Gasteiger partial charge in [0, 0.05) is 6.54 Å². The molecule has 1 unspecified atom stereocenters. The van der Waals surface area contributed by atoms with E-state index in [1.165, 1.54) is 0 Å². The van der Waals surface area contributed by atoms with Crippen LogP contribution in [-0.4, -0.2) is 49.3 Å². The van der Waals surface area contributed by atoms with E-state index in [0.717, 1.165) is 24.8 Å². The highest BCUT2D eigenvalue weighted by Crippen LogP contribution is 2.25. The van der Waals surface area contributed by atoms with Crippen molar-refractivity contribution in [1.82, 2.24) is 19.9 Å². The first-order valence-corrected chi connectivity index (χ1v) is 8.36. The standard InChI is InChI=1S/C17H24N4O3/c1-17(2,3)24-16(23)20-10-5-4-7-12(20)11-21-13-8-6-9-14(22)15(13)18-19-21/h6,8-9,12,22H,4-5,7,10-11H2,1-3H3. The Labute approximate surface area is 141 Å². The van der Waals surface area contributed by atoms with E-state index in [-0.39, 0.29) is 17.9 Å². The molecule has 0 saturated carbocycles. The Hall–Kier alpha value is -2.31. The van der Waals surface area contributed by atoms with E-state index in [0.29, 0.717) is 18.6 Å². The zero-order chi connectivity index (χ0) is 17.3. The van der Waals surface area contributed by atoms with Gasteiger partial charge in [0.15, 0.2) is 5.52 Å². The summed E-state index contributed by atoms with van der Waals surface area (Å²) in [5.41, 5.74) is 0.743. The molecular formula is C17H24N4O3. The molecule has 7 heteroatoms. The van der Waals surface area contributed by atoms with Gasteiger partial charge in [0.1, 0.15) is 11.4 Å². The number of rotatable bonds is 2. The summed E-state index contributed by atoms with van der Waals surface area (Å²) >= 11 is 0. The van der Waals surface area contributed by atoms with Crippen LogP contribution in [0.1, 0.15) is 40.0 Å². The molecule has 24 heavy (non-hydrogen) atoms. The maximum Gasteiger partial charge on any atom is 0.410 e. The second-order valence-corrected chi connectivity index (χ2v) is 7.24. The lowest BCUT2D eigenvalue weighted by Gasteiger charge is -2.36. The number of benzene rings is 1. The lowest BCUT2D eigenvalue weighted by molar-refractivity contribution is 0.00748. The van der Waals surface area contributed by atoms with Gasteiger partial charge in [-0.1, -0.05) is 11.3 Å². The van der Waals surface area contributed by atoms with Gasteiger partial charge in [-0.3, -0.25) is 0 Å². The normalized spacial score (nSPS) is 18.8. The number of carbonyl (C=O) groups is 1. The topological polar surface area (TPSA) is 80.5 Å². The molecule has 2 aromatic rings. The summed E-state index contributed by atoms with van der Waals surface area (Å²) in [6.07, 6.45) is 2.68. The average Bonchev–Trinajstić information content (AvgIpc) is 2.91. The van der Waals surface area contributed by atoms with Gasteiger partial charge in [0.25, 0.3) is 0 Å². The fourth-order valence-corrected chi connectivity index (χ4v) is 3.06. The number of phenolic OH excluding ortho intramolecular Hbond substituents is 1. The Morgan fingerprint density at radius 1 is 1.38 bits per heavy atom. The maximum atomic E-state index is 12.5. The zero-order valence-corrected chi connectivity index (χ0v) is 14.4. The number of ether oxygens (including phenoxy) is 1. The number of carbonyl (C=O) groups excluding carboxylic acids is 1. The molecule has 1 fully saturated rings. The molecule has 2 heterocycles. The van der Waals surface area contributed by atoms with Gasteiger partial charge in [-0.15, -0.1) is 5.10 Å². The molecule has 7 nitrogen and oxygen atoms in total. The molecule has 0 aliphatic carbocycles. The molecule has 1 N–H and O–H groups in total. The van der Waals surface area contributed by atoms with Crippen molar-refractivity contribution in [1.29, 1.82) is 0 Å². The molecule has 0 bridgehead atoms. The van der Waals surface area contributed by atoms with Crippen LogP contribution >= 0.6 is 0 Å². The fourth-order valence-electron chi connectivity index (χ4n) is 3.06. The minimum atomic E-state index is -0.509. The van der Waals surface area contributed by atoms with Gasteiger partial charge in [-0.2, -0.15) is 0 Å². The van der Waals surface area contributed by atoms with Crippen molar-refractivity contribution >= 4 is 17.1 Å². The van der Waals surface area contributed by atoms with Crippen LogP contribution in [0, 0.1) is 0 Å². The Kier molecular flexibility index (Phi) is 4.34. The summed E-state index contributed by atoms with van der Waals surface area (Å²) in [5.74, 6) is 0.117. The molecule has 1 amide bonds. The molecule has 1 saturated heterocycles. The number of likely N-dealkylation sites (tertiary alicyclic amines) is 1. The lowest BCUT2D eigenvalue weighted by Crippen LogP contribution is -2.48. The van der Waals surface area contributed by atoms with Crippen molar-refractivity contribution in [3.63, 3.8) is 0 Å². The second-order valence-electron chi connectivity index (χ2n) is 7.24. The Morgan fingerprint density at radius 3 is 2.92 bits per heavy atom. The van der Waals surface area contributed by atoms with Gasteiger partial charge in [-0.25, -0.2) is 9.48 Å². The first-order chi connectivity index (χ1) is 11.3. The van der Waals surface area contributed by atoms with Crippen LogP contribution in [0.15, 0.2) is 18.2 Å². The maximum absolute atomic E-state index is 12.5. The van der Waals surface area contributed by atoms with Gasteiger partial charge in [0.05, 0.1) is 18.1 Å². The van der Waals surface area contributed by atoms with Gasteiger partial charge < -0.3 is 14.7 Å². The third-order valence-electron chi connectivity index (χ3n) is 4.16. The lowest BCUT2D eigenvalue weighted by atomic mass is 10.0. The number of aromatic hydroxyl groups is 1. The zero-order valence-electron chi connectivity index (χ0n) is 14.4.